The number of phosphoric acid groups is 3. The molecule has 0 bridgehead atoms. The predicted octanol–water partition coefficient (Wildman–Crippen LogP) is 3.44. The lowest BCUT2D eigenvalue weighted by atomic mass is 9.96. The topological polar surface area (TPSA) is 509 Å². The van der Waals surface area contributed by atoms with Crippen LogP contribution < -0.4 is 31.9 Å². The quantitative estimate of drug-likeness (QED) is 0.0197. The van der Waals surface area contributed by atoms with Crippen molar-refractivity contribution in [2.24, 2.45) is 17.6 Å². The Morgan fingerprint density at radius 1 is 0.742 bits per heavy atom. The number of nitrogens with two attached hydrogens (primary N) is 3. The summed E-state index contributed by atoms with van der Waals surface area (Å²) in [7, 11) is -17.9. The molecule has 0 spiro atoms. The van der Waals surface area contributed by atoms with Crippen LogP contribution in [0.1, 0.15) is 118 Å². The highest BCUT2D eigenvalue weighted by Crippen LogP contribution is 2.61. The van der Waals surface area contributed by atoms with Gasteiger partial charge in [-0.1, -0.05) is 51.4 Å². The minimum absolute atomic E-state index is 0.0340. The lowest BCUT2D eigenvalue weighted by Crippen LogP contribution is -2.27. The van der Waals surface area contributed by atoms with Crippen LogP contribution in [0.4, 0.5) is 23.0 Å². The molecule has 5 unspecified atom stereocenters. The summed E-state index contributed by atoms with van der Waals surface area (Å²) < 4.78 is 72.7. The van der Waals surface area contributed by atoms with E-state index in [0.717, 1.165) is 0 Å². The lowest BCUT2D eigenvalue weighted by molar-refractivity contribution is -0.386. The van der Waals surface area contributed by atoms with E-state index in [1.807, 2.05) is 27.7 Å². The predicted molar refractivity (Wildman–Crippen MR) is 307 cm³/mol. The molecule has 0 radical (unpaired) electrons. The molecule has 36 heteroatoms. The maximum absolute atomic E-state index is 12.0. The summed E-state index contributed by atoms with van der Waals surface area (Å²) in [4.78, 5) is 93.5. The van der Waals surface area contributed by atoms with Gasteiger partial charge in [-0.05, 0) is 43.0 Å². The molecule has 2 saturated heterocycles. The average molecular weight is 1300 g/mol. The number of carbonyl (C=O) groups is 1. The first-order chi connectivity index (χ1) is 41.9. The van der Waals surface area contributed by atoms with E-state index >= 15 is 0 Å². The van der Waals surface area contributed by atoms with Gasteiger partial charge in [0.25, 0.3) is 34.8 Å². The molecule has 2 aliphatic rings. The first kappa shape index (κ1) is 69.4. The molecule has 0 saturated carbocycles. The van der Waals surface area contributed by atoms with Crippen LogP contribution in [0.15, 0.2) is 61.4 Å². The number of rotatable bonds is 24. The SMILES string of the molecule is CC(=O)CCC#Cc1ccc([C@H](OCc2cn([C@H]3CC(O)[C@@H](CO)O3)c3ncnc(N)c23)C(C)C)c([N+](=O)[O-])c1.CC(C)[C@@H](OCc1cn([C@H]2CC(O)[C@@H](COP(=O)([O-])OP(=O)([O-])OP(=O)([O-])O)O2)c2ncnc(N)c12)c1ccc(C#CCN)cc1[N+](=O)[O-]. The molecular weight excluding hydrogens is 1240 g/mol. The summed E-state index contributed by atoms with van der Waals surface area (Å²) in [6, 6.07) is 9.30. The Morgan fingerprint density at radius 3 is 1.62 bits per heavy atom. The zero-order valence-corrected chi connectivity index (χ0v) is 50.9. The van der Waals surface area contributed by atoms with Gasteiger partial charge >= 0.3 is 0 Å². The number of hydrogen-bond acceptors (Lipinski definition) is 28. The molecular formula is C53H63N11O22P3-3. The summed E-state index contributed by atoms with van der Waals surface area (Å²) in [5.74, 6) is 11.2. The summed E-state index contributed by atoms with van der Waals surface area (Å²) in [5.41, 5.74) is 20.9. The van der Waals surface area contributed by atoms with Crippen molar-refractivity contribution in [1.29, 1.82) is 0 Å². The molecule has 0 amide bonds. The third-order valence-corrected chi connectivity index (χ3v) is 17.4. The molecule has 480 valence electrons. The molecule has 11 atom stereocenters. The third-order valence-electron chi connectivity index (χ3n) is 13.7. The standard InChI is InChI=1S/C28H33N5O7.C25H33N6O15P3/c1-16(2)26(20-9-8-18(10-21(20)33(37)38)7-5-4-6-17(3)35)39-14-19-12-32(24-11-22(36)23(13-34)40-24)28-25(19)27(29)30-15-31-28;1-14(2)23(17-6-5-15(4-3-7-26)8-18(17)31(33)34)42-11-16-10-30(25-22(16)24(27)28-13-29-25)21-9-19(32)20(44-21)12-43-48(38,39)46-49(40,41)45-47(35,36)37/h8-10,12,15-16,22-24,26,34,36H,4,6,11,13-14H2,1-3H3,(H2,29,30,31);5-6,8,10,13-14,19-21,23,32H,7,9,11-12,26H2,1-2H3,(H,38,39)(H,40,41)(H2,27,28,29)(H2,35,36,37)/p-3/t22?,23-,24-,26-;19?,20-,21-,23-/m11/s1. The fourth-order valence-corrected chi connectivity index (χ4v) is 12.7. The van der Waals surface area contributed by atoms with Gasteiger partial charge in [0.2, 0.25) is 0 Å². The number of nitrogen functional groups attached to an aromatic ring is 2. The van der Waals surface area contributed by atoms with Crippen LogP contribution in [0.3, 0.4) is 0 Å². The van der Waals surface area contributed by atoms with Gasteiger partial charge in [0.15, 0.2) is 0 Å². The van der Waals surface area contributed by atoms with Crippen molar-refractivity contribution < 1.29 is 95.3 Å². The highest BCUT2D eigenvalue weighted by atomic mass is 31.3. The Bertz CT molecular complexity index is 3860. The van der Waals surface area contributed by atoms with Crippen LogP contribution in [-0.4, -0.2) is 109 Å². The number of ether oxygens (including phenoxy) is 4. The number of benzene rings is 2. The van der Waals surface area contributed by atoms with Crippen molar-refractivity contribution in [2.75, 3.05) is 31.2 Å². The number of aliphatic hydroxyl groups excluding tert-OH is 3. The summed E-state index contributed by atoms with van der Waals surface area (Å²) in [6.07, 6.45) is -0.690. The maximum atomic E-state index is 12.0. The summed E-state index contributed by atoms with van der Waals surface area (Å²) in [6.45, 7) is 7.63. The van der Waals surface area contributed by atoms with Crippen molar-refractivity contribution in [3.63, 3.8) is 0 Å². The number of aromatic nitrogens is 6. The average Bonchev–Trinajstić information content (AvgIpc) is 1.72. The molecule has 4 aromatic heterocycles. The number of nitrogens with zero attached hydrogens (tertiary/aromatic N) is 8. The van der Waals surface area contributed by atoms with Crippen molar-refractivity contribution >= 4 is 74.3 Å². The van der Waals surface area contributed by atoms with E-state index < -0.39 is 89.0 Å². The molecule has 89 heavy (non-hydrogen) atoms. The number of fused-ring (bicyclic) bond motifs is 2. The molecule has 10 N–H and O–H groups in total. The van der Waals surface area contributed by atoms with Gasteiger partial charge in [0.1, 0.15) is 66.0 Å². The van der Waals surface area contributed by atoms with E-state index in [4.69, 9.17) is 41.0 Å². The number of Topliss-reactive ketones (excluding diaryl/α,β-unsaturated/α-hetero) is 1. The van der Waals surface area contributed by atoms with E-state index in [1.165, 1.54) is 42.5 Å². The largest absolute Gasteiger partial charge is 0.756 e. The second kappa shape index (κ2) is 29.7. The van der Waals surface area contributed by atoms with Gasteiger partial charge in [-0.3, -0.25) is 38.7 Å². The Labute approximate surface area is 507 Å². The highest BCUT2D eigenvalue weighted by molar-refractivity contribution is 7.65. The van der Waals surface area contributed by atoms with E-state index in [1.54, 1.807) is 35.0 Å². The molecule has 6 aromatic rings. The summed E-state index contributed by atoms with van der Waals surface area (Å²) >= 11 is 0. The number of carbonyl (C=O) groups excluding carboxylic acids is 1. The van der Waals surface area contributed by atoms with E-state index in [-0.39, 0.29) is 85.5 Å². The normalized spacial score (nSPS) is 21.0. The Balaban J connectivity index is 0.000000259. The van der Waals surface area contributed by atoms with Gasteiger partial charge in [0.05, 0.1) is 89.1 Å². The van der Waals surface area contributed by atoms with Gasteiger partial charge in [-0.25, -0.2) is 28.6 Å². The molecule has 0 aliphatic carbocycles. The molecule has 2 aromatic carbocycles. The number of nitro benzene ring substituents is 2. The van der Waals surface area contributed by atoms with Gasteiger partial charge in [0, 0.05) is 72.5 Å². The third kappa shape index (κ3) is 17.9. The molecule has 6 heterocycles. The van der Waals surface area contributed by atoms with E-state index in [0.29, 0.717) is 62.6 Å². The molecule has 33 nitrogen and oxygen atoms in total. The zero-order valence-electron chi connectivity index (χ0n) is 48.2. The van der Waals surface area contributed by atoms with Crippen molar-refractivity contribution in [1.82, 2.24) is 29.1 Å². The zero-order chi connectivity index (χ0) is 65.3. The van der Waals surface area contributed by atoms with Crippen molar-refractivity contribution in [3.8, 4) is 23.7 Å². The number of hydrogen-bond donors (Lipinski definition) is 7. The van der Waals surface area contributed by atoms with Crippen LogP contribution in [0.2, 0.25) is 0 Å². The Morgan fingerprint density at radius 2 is 1.20 bits per heavy atom. The fraction of sp³-hybridized carbons (Fsp3) is 0.453. The minimum atomic E-state index is -6.12. The van der Waals surface area contributed by atoms with Gasteiger partial charge < -0.3 is 84.7 Å². The van der Waals surface area contributed by atoms with E-state index in [9.17, 15) is 68.7 Å². The molecule has 8 rings (SSSR count). The first-order valence-corrected chi connectivity index (χ1v) is 31.5. The monoisotopic (exact) mass is 1300 g/mol. The van der Waals surface area contributed by atoms with Crippen LogP contribution in [0, 0.1) is 55.7 Å². The fourth-order valence-electron chi connectivity index (χ4n) is 9.81. The Kier molecular flexibility index (Phi) is 23.2. The number of nitro groups is 2. The smallest absolute Gasteiger partial charge is 0.280 e. The van der Waals surface area contributed by atoms with Crippen LogP contribution in [0.5, 0.6) is 0 Å². The van der Waals surface area contributed by atoms with Crippen molar-refractivity contribution in [2.45, 2.75) is 123 Å². The maximum Gasteiger partial charge on any atom is 0.280 e. The first-order valence-electron chi connectivity index (χ1n) is 27.1. The van der Waals surface area contributed by atoms with Crippen LogP contribution >= 0.6 is 23.5 Å². The number of ketones is 1. The highest BCUT2D eigenvalue weighted by Gasteiger charge is 2.39. The number of anilines is 2. The minimum Gasteiger partial charge on any atom is -0.756 e. The van der Waals surface area contributed by atoms with Gasteiger partial charge in [-0.15, -0.1) is 0 Å². The van der Waals surface area contributed by atoms with Crippen LogP contribution in [0.25, 0.3) is 22.1 Å². The second-order valence-corrected chi connectivity index (χ2v) is 25.2. The van der Waals surface area contributed by atoms with E-state index in [2.05, 4.69) is 56.8 Å². The Hall–Kier alpha value is -7.04. The lowest BCUT2D eigenvalue weighted by Gasteiger charge is -2.33. The summed E-state index contributed by atoms with van der Waals surface area (Å²) in [5, 5.41) is 55.2. The number of phosphoric ester groups is 1. The molecule has 2 fully saturated rings. The second-order valence-electron chi connectivity index (χ2n) is 20.9. The molecule has 2 aliphatic heterocycles. The van der Waals surface area contributed by atoms with Crippen LogP contribution in [-0.2, 0) is 63.8 Å². The number of aliphatic hydroxyl groups is 3. The van der Waals surface area contributed by atoms with Gasteiger partial charge in [-0.2, -0.15) is 0 Å². The van der Waals surface area contributed by atoms with Crippen molar-refractivity contribution in [3.05, 3.63) is 115 Å².